The van der Waals surface area contributed by atoms with Crippen LogP contribution < -0.4 is 5.73 Å². The Morgan fingerprint density at radius 3 is 2.52 bits per heavy atom. The zero-order chi connectivity index (χ0) is 15.4. The fourth-order valence-corrected chi connectivity index (χ4v) is 2.54. The van der Waals surface area contributed by atoms with Crippen LogP contribution >= 0.6 is 0 Å². The number of nitrogens with two attached hydrogens (primary N) is 1. The topological polar surface area (TPSA) is 45.4 Å². The molecule has 0 amide bonds. The minimum atomic E-state index is 0.246. The third-order valence-corrected chi connectivity index (χ3v) is 3.89. The lowest BCUT2D eigenvalue weighted by molar-refractivity contribution is 0.223. The van der Waals surface area contributed by atoms with Crippen LogP contribution in [0.4, 0.5) is 0 Å². The van der Waals surface area contributed by atoms with Crippen LogP contribution in [0.15, 0.2) is 30.3 Å². The van der Waals surface area contributed by atoms with Gasteiger partial charge in [0.2, 0.25) is 0 Å². The van der Waals surface area contributed by atoms with Gasteiger partial charge in [0, 0.05) is 36.8 Å². The van der Waals surface area contributed by atoms with Crippen molar-refractivity contribution in [1.82, 2.24) is 14.8 Å². The number of benzene rings is 1. The molecular formula is C17H26N4. The Bertz CT molecular complexity index is 594. The third-order valence-electron chi connectivity index (χ3n) is 3.89. The van der Waals surface area contributed by atoms with Crippen molar-refractivity contribution in [3.8, 4) is 0 Å². The molecule has 1 aromatic heterocycles. The fourth-order valence-electron chi connectivity index (χ4n) is 2.54. The highest BCUT2D eigenvalue weighted by atomic mass is 15.2. The lowest BCUT2D eigenvalue weighted by Crippen LogP contribution is -2.35. The van der Waals surface area contributed by atoms with Gasteiger partial charge in [-0.25, -0.2) is 0 Å². The van der Waals surface area contributed by atoms with Crippen molar-refractivity contribution in [2.45, 2.75) is 13.0 Å². The highest BCUT2D eigenvalue weighted by molar-refractivity contribution is 5.79. The molecule has 114 valence electrons. The first-order valence-electron chi connectivity index (χ1n) is 7.43. The van der Waals surface area contributed by atoms with E-state index in [0.717, 1.165) is 24.3 Å². The van der Waals surface area contributed by atoms with Gasteiger partial charge in [0.1, 0.15) is 0 Å². The first kappa shape index (κ1) is 15.9. The van der Waals surface area contributed by atoms with Crippen LogP contribution in [0.25, 0.3) is 10.9 Å². The molecule has 0 aliphatic carbocycles. The maximum atomic E-state index is 6.01. The summed E-state index contributed by atoms with van der Waals surface area (Å²) in [5.74, 6) is 0. The monoisotopic (exact) mass is 286 g/mol. The summed E-state index contributed by atoms with van der Waals surface area (Å²) in [6.45, 7) is 4.67. The predicted molar refractivity (Wildman–Crippen MR) is 89.5 cm³/mol. The van der Waals surface area contributed by atoms with E-state index in [9.17, 15) is 0 Å². The Kier molecular flexibility index (Phi) is 5.28. The van der Waals surface area contributed by atoms with Gasteiger partial charge in [-0.1, -0.05) is 12.1 Å². The van der Waals surface area contributed by atoms with E-state index in [1.807, 2.05) is 6.92 Å². The van der Waals surface area contributed by atoms with Crippen molar-refractivity contribution in [3.63, 3.8) is 0 Å². The number of aryl methyl sites for hydroxylation is 1. The molecule has 1 atom stereocenters. The summed E-state index contributed by atoms with van der Waals surface area (Å²) in [6, 6.07) is 10.9. The van der Waals surface area contributed by atoms with E-state index in [1.54, 1.807) is 0 Å². The summed E-state index contributed by atoms with van der Waals surface area (Å²) in [7, 11) is 6.32. The number of nitrogens with zero attached hydrogens (tertiary/aromatic N) is 3. The van der Waals surface area contributed by atoms with Crippen LogP contribution in [0, 0.1) is 6.92 Å². The van der Waals surface area contributed by atoms with Crippen molar-refractivity contribution < 1.29 is 0 Å². The van der Waals surface area contributed by atoms with Gasteiger partial charge in [0.15, 0.2) is 0 Å². The highest BCUT2D eigenvalue weighted by Gasteiger charge is 2.15. The maximum Gasteiger partial charge on any atom is 0.0705 e. The molecule has 0 spiro atoms. The van der Waals surface area contributed by atoms with Crippen molar-refractivity contribution >= 4 is 10.9 Å². The minimum absolute atomic E-state index is 0.246. The first-order chi connectivity index (χ1) is 10.0. The summed E-state index contributed by atoms with van der Waals surface area (Å²) in [5.41, 5.74) is 9.37. The van der Waals surface area contributed by atoms with Crippen LogP contribution in [0.1, 0.15) is 17.3 Å². The molecule has 0 aliphatic heterocycles. The van der Waals surface area contributed by atoms with Gasteiger partial charge in [0.25, 0.3) is 0 Å². The van der Waals surface area contributed by atoms with Crippen molar-refractivity contribution in [1.29, 1.82) is 0 Å². The van der Waals surface area contributed by atoms with Crippen molar-refractivity contribution in [2.24, 2.45) is 5.73 Å². The Morgan fingerprint density at radius 2 is 1.86 bits per heavy atom. The van der Waals surface area contributed by atoms with Gasteiger partial charge in [-0.2, -0.15) is 0 Å². The zero-order valence-electron chi connectivity index (χ0n) is 13.5. The van der Waals surface area contributed by atoms with Gasteiger partial charge < -0.3 is 10.6 Å². The number of rotatable bonds is 6. The standard InChI is InChI=1S/C17H26N4/c1-13-5-6-14-11-15(7-8-16(14)19-13)17(12-18)21(4)10-9-20(2)3/h5-8,11,17H,9-10,12,18H2,1-4H3. The molecule has 1 heterocycles. The Labute approximate surface area is 127 Å². The summed E-state index contributed by atoms with van der Waals surface area (Å²) in [5, 5.41) is 1.18. The van der Waals surface area contributed by atoms with Crippen LogP contribution in [0.5, 0.6) is 0 Å². The minimum Gasteiger partial charge on any atom is -0.329 e. The van der Waals surface area contributed by atoms with Crippen molar-refractivity contribution in [3.05, 3.63) is 41.6 Å². The first-order valence-corrected chi connectivity index (χ1v) is 7.43. The maximum absolute atomic E-state index is 6.01. The van der Waals surface area contributed by atoms with Crippen LogP contribution in [-0.4, -0.2) is 55.6 Å². The number of pyridine rings is 1. The Hall–Kier alpha value is -1.49. The second kappa shape index (κ2) is 6.98. The molecule has 0 aliphatic rings. The quantitative estimate of drug-likeness (QED) is 0.882. The smallest absolute Gasteiger partial charge is 0.0705 e. The Balaban J connectivity index is 2.23. The number of hydrogen-bond donors (Lipinski definition) is 1. The summed E-state index contributed by atoms with van der Waals surface area (Å²) >= 11 is 0. The number of likely N-dealkylation sites (N-methyl/N-ethyl adjacent to an activating group) is 2. The highest BCUT2D eigenvalue weighted by Crippen LogP contribution is 2.22. The molecule has 0 saturated carbocycles. The van der Waals surface area contributed by atoms with Crippen molar-refractivity contribution in [2.75, 3.05) is 40.8 Å². The average Bonchev–Trinajstić information content (AvgIpc) is 2.46. The third kappa shape index (κ3) is 4.00. The SMILES string of the molecule is Cc1ccc2cc(C(CN)N(C)CCN(C)C)ccc2n1. The van der Waals surface area contributed by atoms with Gasteiger partial charge in [-0.05, 0) is 51.8 Å². The number of hydrogen-bond acceptors (Lipinski definition) is 4. The number of fused-ring (bicyclic) bond motifs is 1. The van der Waals surface area contributed by atoms with Gasteiger partial charge >= 0.3 is 0 Å². The van der Waals surface area contributed by atoms with Crippen LogP contribution in [0.3, 0.4) is 0 Å². The lowest BCUT2D eigenvalue weighted by Gasteiger charge is -2.28. The summed E-state index contributed by atoms with van der Waals surface area (Å²) in [4.78, 5) is 9.07. The van der Waals surface area contributed by atoms with E-state index in [0.29, 0.717) is 6.54 Å². The van der Waals surface area contributed by atoms with E-state index >= 15 is 0 Å². The second-order valence-corrected chi connectivity index (χ2v) is 5.94. The van der Waals surface area contributed by atoms with E-state index in [-0.39, 0.29) is 6.04 Å². The molecule has 21 heavy (non-hydrogen) atoms. The summed E-state index contributed by atoms with van der Waals surface area (Å²) in [6.07, 6.45) is 0. The zero-order valence-corrected chi connectivity index (χ0v) is 13.5. The van der Waals surface area contributed by atoms with E-state index < -0.39 is 0 Å². The number of aromatic nitrogens is 1. The fraction of sp³-hybridized carbons (Fsp3) is 0.471. The summed E-state index contributed by atoms with van der Waals surface area (Å²) < 4.78 is 0. The van der Waals surface area contributed by atoms with Gasteiger partial charge in [-0.3, -0.25) is 9.88 Å². The molecule has 1 aromatic carbocycles. The molecule has 4 heteroatoms. The lowest BCUT2D eigenvalue weighted by atomic mass is 10.0. The molecule has 4 nitrogen and oxygen atoms in total. The predicted octanol–water partition coefficient (Wildman–Crippen LogP) is 2.04. The molecule has 2 rings (SSSR count). The normalized spacial score (nSPS) is 13.3. The molecule has 0 fully saturated rings. The molecule has 2 N–H and O–H groups in total. The van der Waals surface area contributed by atoms with Gasteiger partial charge in [0.05, 0.1) is 5.52 Å². The molecule has 1 unspecified atom stereocenters. The molecular weight excluding hydrogens is 260 g/mol. The van der Waals surface area contributed by atoms with E-state index in [1.165, 1.54) is 10.9 Å². The average molecular weight is 286 g/mol. The molecule has 0 radical (unpaired) electrons. The van der Waals surface area contributed by atoms with Crippen LogP contribution in [-0.2, 0) is 0 Å². The molecule has 0 bridgehead atoms. The largest absolute Gasteiger partial charge is 0.329 e. The van der Waals surface area contributed by atoms with E-state index in [4.69, 9.17) is 5.73 Å². The Morgan fingerprint density at radius 1 is 1.10 bits per heavy atom. The van der Waals surface area contributed by atoms with Crippen LogP contribution in [0.2, 0.25) is 0 Å². The second-order valence-electron chi connectivity index (χ2n) is 5.94. The molecule has 0 saturated heterocycles. The van der Waals surface area contributed by atoms with E-state index in [2.05, 4.69) is 66.3 Å². The van der Waals surface area contributed by atoms with Gasteiger partial charge in [-0.15, -0.1) is 0 Å². The molecule has 2 aromatic rings.